The molecule has 2 aromatic heterocycles. The SMILES string of the molecule is CCOC(=O)C1=C(C)N=c2s/c(=C/c3cn(Cc4ccc(Cl)cc4)c4ccccc34)c(=O)n2[C@@H]1c1ccc(OC(C)C)c(OC)c1. The second kappa shape index (κ2) is 13.0. The Bertz CT molecular complexity index is 2160. The number of aromatic nitrogens is 2. The van der Waals surface area contributed by atoms with Crippen LogP contribution in [0.25, 0.3) is 17.0 Å². The van der Waals surface area contributed by atoms with Crippen molar-refractivity contribution in [2.45, 2.75) is 46.4 Å². The highest BCUT2D eigenvalue weighted by atomic mass is 35.5. The van der Waals surface area contributed by atoms with Gasteiger partial charge in [-0.15, -0.1) is 0 Å². The summed E-state index contributed by atoms with van der Waals surface area (Å²) in [6, 6.07) is 20.6. The Hall–Kier alpha value is -4.60. The van der Waals surface area contributed by atoms with Gasteiger partial charge in [0.25, 0.3) is 5.56 Å². The van der Waals surface area contributed by atoms with Crippen LogP contribution in [0.4, 0.5) is 0 Å². The van der Waals surface area contributed by atoms with E-state index in [1.54, 1.807) is 31.6 Å². The molecule has 46 heavy (non-hydrogen) atoms. The van der Waals surface area contributed by atoms with E-state index in [1.165, 1.54) is 11.3 Å². The van der Waals surface area contributed by atoms with Crippen LogP contribution in [0.1, 0.15) is 50.4 Å². The number of benzene rings is 3. The number of nitrogens with zero attached hydrogens (tertiary/aromatic N) is 3. The summed E-state index contributed by atoms with van der Waals surface area (Å²) in [5, 5.41) is 1.71. The molecule has 0 N–H and O–H groups in total. The van der Waals surface area contributed by atoms with Crippen molar-refractivity contribution < 1.29 is 19.0 Å². The standard InChI is InChI=1S/C36H34ClN3O5S/c1-6-44-35(42)32-22(4)38-36-40(33(32)24-13-16-29(45-21(2)3)30(17-24)43-5)34(41)31(46-36)18-25-20-39(28-10-8-7-9-27(25)28)19-23-11-14-26(37)15-12-23/h7-18,20-21,33H,6,19H2,1-5H3/b31-18+/t33-/m1/s1. The lowest BCUT2D eigenvalue weighted by atomic mass is 9.95. The number of hydrogen-bond acceptors (Lipinski definition) is 7. The lowest BCUT2D eigenvalue weighted by molar-refractivity contribution is -0.139. The molecule has 0 spiro atoms. The summed E-state index contributed by atoms with van der Waals surface area (Å²) < 4.78 is 21.3. The smallest absolute Gasteiger partial charge is 0.338 e. The summed E-state index contributed by atoms with van der Waals surface area (Å²) in [5.41, 5.74) is 4.29. The minimum atomic E-state index is -0.773. The molecule has 3 heterocycles. The lowest BCUT2D eigenvalue weighted by Gasteiger charge is -2.25. The molecule has 1 aliphatic rings. The Morgan fingerprint density at radius 1 is 1.09 bits per heavy atom. The van der Waals surface area contributed by atoms with Gasteiger partial charge in [-0.1, -0.05) is 59.3 Å². The Morgan fingerprint density at radius 2 is 1.85 bits per heavy atom. The van der Waals surface area contributed by atoms with Gasteiger partial charge in [0.1, 0.15) is 0 Å². The van der Waals surface area contributed by atoms with Gasteiger partial charge in [-0.25, -0.2) is 9.79 Å². The number of fused-ring (bicyclic) bond motifs is 2. The molecule has 0 aliphatic carbocycles. The van der Waals surface area contributed by atoms with Crippen molar-refractivity contribution in [1.82, 2.24) is 9.13 Å². The highest BCUT2D eigenvalue weighted by Gasteiger charge is 2.34. The topological polar surface area (TPSA) is 84.1 Å². The van der Waals surface area contributed by atoms with Crippen LogP contribution in [0, 0.1) is 0 Å². The highest BCUT2D eigenvalue weighted by molar-refractivity contribution is 7.07. The van der Waals surface area contributed by atoms with Crippen LogP contribution in [0.5, 0.6) is 11.5 Å². The summed E-state index contributed by atoms with van der Waals surface area (Å²) >= 11 is 7.40. The minimum Gasteiger partial charge on any atom is -0.493 e. The first-order valence-electron chi connectivity index (χ1n) is 15.0. The van der Waals surface area contributed by atoms with E-state index in [0.717, 1.165) is 22.0 Å². The van der Waals surface area contributed by atoms with E-state index in [1.807, 2.05) is 68.5 Å². The number of rotatable bonds is 9. The van der Waals surface area contributed by atoms with Gasteiger partial charge in [0.2, 0.25) is 0 Å². The molecule has 0 saturated heterocycles. The maximum atomic E-state index is 14.3. The molecule has 0 unspecified atom stereocenters. The fourth-order valence-corrected chi connectivity index (χ4v) is 6.92. The van der Waals surface area contributed by atoms with E-state index >= 15 is 0 Å². The fourth-order valence-electron chi connectivity index (χ4n) is 5.76. The monoisotopic (exact) mass is 655 g/mol. The number of allylic oxidation sites excluding steroid dienone is 1. The minimum absolute atomic E-state index is 0.0632. The number of methoxy groups -OCH3 is 1. The van der Waals surface area contributed by atoms with E-state index in [4.69, 9.17) is 30.8 Å². The van der Waals surface area contributed by atoms with Crippen LogP contribution in [-0.2, 0) is 16.1 Å². The van der Waals surface area contributed by atoms with Crippen molar-refractivity contribution in [2.75, 3.05) is 13.7 Å². The third kappa shape index (κ3) is 6.00. The van der Waals surface area contributed by atoms with E-state index in [2.05, 4.69) is 22.9 Å². The number of ether oxygens (including phenoxy) is 3. The number of halogens is 1. The van der Waals surface area contributed by atoms with Gasteiger partial charge in [0.05, 0.1) is 41.7 Å². The third-order valence-electron chi connectivity index (χ3n) is 7.76. The van der Waals surface area contributed by atoms with Crippen LogP contribution < -0.4 is 24.4 Å². The van der Waals surface area contributed by atoms with Crippen LogP contribution in [0.15, 0.2) is 94.0 Å². The molecule has 1 aliphatic heterocycles. The summed E-state index contributed by atoms with van der Waals surface area (Å²) in [4.78, 5) is 32.9. The predicted octanol–water partition coefficient (Wildman–Crippen LogP) is 6.25. The zero-order valence-electron chi connectivity index (χ0n) is 26.2. The van der Waals surface area contributed by atoms with Crippen molar-refractivity contribution in [3.63, 3.8) is 0 Å². The van der Waals surface area contributed by atoms with Crippen LogP contribution >= 0.6 is 22.9 Å². The van der Waals surface area contributed by atoms with Crippen LogP contribution in [0.3, 0.4) is 0 Å². The fraction of sp³-hybridized carbons (Fsp3) is 0.250. The van der Waals surface area contributed by atoms with Crippen molar-refractivity contribution in [2.24, 2.45) is 4.99 Å². The molecule has 236 valence electrons. The van der Waals surface area contributed by atoms with E-state index in [0.29, 0.717) is 49.2 Å². The largest absolute Gasteiger partial charge is 0.493 e. The summed E-state index contributed by atoms with van der Waals surface area (Å²) in [6.45, 7) is 8.23. The Kier molecular flexibility index (Phi) is 8.88. The van der Waals surface area contributed by atoms with Crippen LogP contribution in [-0.4, -0.2) is 34.9 Å². The maximum absolute atomic E-state index is 14.3. The maximum Gasteiger partial charge on any atom is 0.338 e. The average Bonchev–Trinajstić information content (AvgIpc) is 3.53. The predicted molar refractivity (Wildman–Crippen MR) is 182 cm³/mol. The Balaban J connectivity index is 1.51. The van der Waals surface area contributed by atoms with E-state index < -0.39 is 12.0 Å². The first-order chi connectivity index (χ1) is 22.2. The highest BCUT2D eigenvalue weighted by Crippen LogP contribution is 2.36. The molecular formula is C36H34ClN3O5S. The second-order valence-electron chi connectivity index (χ2n) is 11.2. The number of carbonyl (C=O) groups is 1. The number of thiazole rings is 1. The molecule has 0 radical (unpaired) electrons. The van der Waals surface area contributed by atoms with Gasteiger partial charge >= 0.3 is 5.97 Å². The van der Waals surface area contributed by atoms with Gasteiger partial charge in [0.15, 0.2) is 16.3 Å². The van der Waals surface area contributed by atoms with Gasteiger partial charge in [-0.05, 0) is 75.2 Å². The molecule has 8 nitrogen and oxygen atoms in total. The molecule has 0 saturated carbocycles. The number of hydrogen-bond donors (Lipinski definition) is 0. The second-order valence-corrected chi connectivity index (χ2v) is 12.7. The lowest BCUT2D eigenvalue weighted by Crippen LogP contribution is -2.40. The molecular weight excluding hydrogens is 622 g/mol. The summed E-state index contributed by atoms with van der Waals surface area (Å²) in [7, 11) is 1.56. The normalized spacial score (nSPS) is 14.8. The quantitative estimate of drug-likeness (QED) is 0.175. The number of carbonyl (C=O) groups excluding carboxylic acids is 1. The van der Waals surface area contributed by atoms with Gasteiger partial charge < -0.3 is 18.8 Å². The molecule has 0 fully saturated rings. The van der Waals surface area contributed by atoms with Gasteiger partial charge in [-0.3, -0.25) is 9.36 Å². The number of esters is 1. The average molecular weight is 656 g/mol. The molecule has 5 aromatic rings. The van der Waals surface area contributed by atoms with E-state index in [9.17, 15) is 9.59 Å². The molecule has 6 rings (SSSR count). The van der Waals surface area contributed by atoms with Crippen molar-refractivity contribution in [3.05, 3.63) is 126 Å². The zero-order chi connectivity index (χ0) is 32.5. The van der Waals surface area contributed by atoms with Gasteiger partial charge in [0, 0.05) is 34.2 Å². The number of para-hydroxylation sites is 1. The molecule has 3 aromatic carbocycles. The summed E-state index contributed by atoms with van der Waals surface area (Å²) in [6.07, 6.45) is 3.90. The van der Waals surface area contributed by atoms with Gasteiger partial charge in [-0.2, -0.15) is 0 Å². The first-order valence-corrected chi connectivity index (χ1v) is 16.2. The Morgan fingerprint density at radius 3 is 2.57 bits per heavy atom. The van der Waals surface area contributed by atoms with Crippen molar-refractivity contribution in [1.29, 1.82) is 0 Å². The summed E-state index contributed by atoms with van der Waals surface area (Å²) in [5.74, 6) is 0.552. The molecule has 1 atom stereocenters. The molecule has 0 amide bonds. The molecule has 0 bridgehead atoms. The van der Waals surface area contributed by atoms with Crippen molar-refractivity contribution in [3.8, 4) is 11.5 Å². The van der Waals surface area contributed by atoms with E-state index in [-0.39, 0.29) is 18.3 Å². The first kappa shape index (κ1) is 31.4. The molecule has 10 heteroatoms. The third-order valence-corrected chi connectivity index (χ3v) is 8.99. The van der Waals surface area contributed by atoms with Crippen molar-refractivity contribution >= 4 is 45.9 Å². The van der Waals surface area contributed by atoms with Crippen LogP contribution in [0.2, 0.25) is 5.02 Å². The zero-order valence-corrected chi connectivity index (χ0v) is 27.8. The Labute approximate surface area is 275 Å².